The monoisotopic (exact) mass is 451 g/mol. The van der Waals surface area contributed by atoms with Crippen LogP contribution < -0.4 is 16.8 Å². The van der Waals surface area contributed by atoms with Crippen molar-refractivity contribution in [3.05, 3.63) is 40.7 Å². The summed E-state index contributed by atoms with van der Waals surface area (Å²) in [7, 11) is 0. The Hall–Kier alpha value is -4.33. The van der Waals surface area contributed by atoms with Crippen molar-refractivity contribution >= 4 is 34.9 Å². The number of primary amides is 2. The molecule has 33 heavy (non-hydrogen) atoms. The molecule has 3 aromatic rings. The quantitative estimate of drug-likeness (QED) is 0.464. The molecule has 0 fully saturated rings. The summed E-state index contributed by atoms with van der Waals surface area (Å²) in [4.78, 5) is 40.2. The number of nitrogens with zero attached hydrogens (tertiary/aromatic N) is 4. The van der Waals surface area contributed by atoms with E-state index in [9.17, 15) is 14.4 Å². The molecule has 0 saturated heterocycles. The summed E-state index contributed by atoms with van der Waals surface area (Å²) in [6, 6.07) is 4.79. The predicted molar refractivity (Wildman–Crippen MR) is 122 cm³/mol. The maximum absolute atomic E-state index is 13.0. The van der Waals surface area contributed by atoms with Crippen LogP contribution in [0.4, 0.5) is 10.7 Å². The number of imidazole rings is 1. The van der Waals surface area contributed by atoms with Gasteiger partial charge in [-0.2, -0.15) is 5.10 Å². The predicted octanol–water partition coefficient (Wildman–Crippen LogP) is 1.77. The second-order valence-electron chi connectivity index (χ2n) is 7.19. The van der Waals surface area contributed by atoms with Gasteiger partial charge < -0.3 is 20.8 Å². The van der Waals surface area contributed by atoms with Gasteiger partial charge in [0.2, 0.25) is 11.9 Å². The van der Waals surface area contributed by atoms with Gasteiger partial charge in [-0.25, -0.2) is 9.78 Å². The molecule has 5 N–H and O–H groups in total. The SMILES string of the molecule is CCCn1c(NC(=O)c2cc(C)nn2CC)nc2cc(C(N)=O)cc(C#CCOC(N)=O)c21. The number of aromatic nitrogens is 4. The molecule has 0 aliphatic carbocycles. The number of nitrogens with two attached hydrogens (primary N) is 2. The van der Waals surface area contributed by atoms with Crippen LogP contribution in [0.5, 0.6) is 0 Å². The van der Waals surface area contributed by atoms with Crippen molar-refractivity contribution in [3.8, 4) is 11.8 Å². The largest absolute Gasteiger partial charge is 0.437 e. The zero-order valence-corrected chi connectivity index (χ0v) is 18.6. The molecule has 3 rings (SSSR count). The number of fused-ring (bicyclic) bond motifs is 1. The molecule has 0 radical (unpaired) electrons. The molecular weight excluding hydrogens is 426 g/mol. The second-order valence-corrected chi connectivity index (χ2v) is 7.19. The van der Waals surface area contributed by atoms with Crippen molar-refractivity contribution in [2.45, 2.75) is 40.3 Å². The van der Waals surface area contributed by atoms with Crippen molar-refractivity contribution in [1.29, 1.82) is 0 Å². The van der Waals surface area contributed by atoms with Crippen LogP contribution in [0.15, 0.2) is 18.2 Å². The van der Waals surface area contributed by atoms with Crippen LogP contribution >= 0.6 is 0 Å². The number of carbonyl (C=O) groups excluding carboxylic acids is 3. The normalized spacial score (nSPS) is 10.5. The van der Waals surface area contributed by atoms with Gasteiger partial charge in [0.05, 0.1) is 22.3 Å². The van der Waals surface area contributed by atoms with Gasteiger partial charge in [-0.05, 0) is 38.5 Å². The van der Waals surface area contributed by atoms with Gasteiger partial charge in [0.25, 0.3) is 5.91 Å². The standard InChI is InChI=1S/C22H25N7O4/c1-4-8-28-18-14(7-6-9-33-21(24)32)11-15(19(23)30)12-16(18)25-22(28)26-20(31)17-10-13(3)27-29(17)5-2/h10-12H,4-5,8-9H2,1-3H3,(H2,23,30)(H2,24,32)(H,25,26,31). The first kappa shape index (κ1) is 23.3. The molecule has 0 spiro atoms. The van der Waals surface area contributed by atoms with Gasteiger partial charge in [0, 0.05) is 18.7 Å². The Morgan fingerprint density at radius 3 is 2.58 bits per heavy atom. The maximum atomic E-state index is 13.0. The molecule has 0 saturated carbocycles. The fourth-order valence-corrected chi connectivity index (χ4v) is 3.42. The van der Waals surface area contributed by atoms with Crippen LogP contribution in [0.1, 0.15) is 52.4 Å². The molecule has 0 unspecified atom stereocenters. The van der Waals surface area contributed by atoms with Crippen molar-refractivity contribution in [1.82, 2.24) is 19.3 Å². The van der Waals surface area contributed by atoms with Crippen molar-refractivity contribution in [3.63, 3.8) is 0 Å². The summed E-state index contributed by atoms with van der Waals surface area (Å²) in [5.41, 5.74) is 13.3. The van der Waals surface area contributed by atoms with Crippen LogP contribution in [0.3, 0.4) is 0 Å². The maximum Gasteiger partial charge on any atom is 0.405 e. The molecule has 2 heterocycles. The summed E-state index contributed by atoms with van der Waals surface area (Å²) in [5, 5.41) is 7.16. The molecule has 0 aliphatic rings. The van der Waals surface area contributed by atoms with E-state index in [0.717, 1.165) is 12.1 Å². The Morgan fingerprint density at radius 1 is 1.18 bits per heavy atom. The highest BCUT2D eigenvalue weighted by molar-refractivity contribution is 6.04. The summed E-state index contributed by atoms with van der Waals surface area (Å²) in [6.45, 7) is 6.54. The molecule has 1 aromatic carbocycles. The summed E-state index contributed by atoms with van der Waals surface area (Å²) in [5.74, 6) is 4.86. The first-order chi connectivity index (χ1) is 15.7. The number of carbonyl (C=O) groups is 3. The lowest BCUT2D eigenvalue weighted by Crippen LogP contribution is -2.20. The van der Waals surface area contributed by atoms with Gasteiger partial charge in [0.1, 0.15) is 5.69 Å². The zero-order valence-electron chi connectivity index (χ0n) is 18.6. The minimum Gasteiger partial charge on any atom is -0.437 e. The Balaban J connectivity index is 2.11. The number of ether oxygens (including phenoxy) is 1. The molecule has 11 nitrogen and oxygen atoms in total. The van der Waals surface area contributed by atoms with Crippen LogP contribution in [0.25, 0.3) is 11.0 Å². The van der Waals surface area contributed by atoms with E-state index >= 15 is 0 Å². The Labute approximate surface area is 190 Å². The van der Waals surface area contributed by atoms with E-state index in [1.165, 1.54) is 6.07 Å². The second kappa shape index (κ2) is 9.86. The minimum absolute atomic E-state index is 0.210. The van der Waals surface area contributed by atoms with E-state index < -0.39 is 12.0 Å². The Morgan fingerprint density at radius 2 is 1.94 bits per heavy atom. The minimum atomic E-state index is -0.942. The highest BCUT2D eigenvalue weighted by atomic mass is 16.5. The lowest BCUT2D eigenvalue weighted by Gasteiger charge is -2.10. The zero-order chi connectivity index (χ0) is 24.1. The van der Waals surface area contributed by atoms with E-state index in [0.29, 0.717) is 41.3 Å². The van der Waals surface area contributed by atoms with Gasteiger partial charge in [0.15, 0.2) is 6.61 Å². The fraction of sp³-hybridized carbons (Fsp3) is 0.318. The van der Waals surface area contributed by atoms with Crippen LogP contribution in [-0.4, -0.2) is 43.8 Å². The number of hydrogen-bond donors (Lipinski definition) is 3. The number of hydrogen-bond acceptors (Lipinski definition) is 6. The van der Waals surface area contributed by atoms with Gasteiger partial charge in [-0.1, -0.05) is 18.8 Å². The van der Waals surface area contributed by atoms with E-state index in [1.807, 2.05) is 25.3 Å². The molecule has 0 aliphatic heterocycles. The van der Waals surface area contributed by atoms with Crippen LogP contribution in [0, 0.1) is 18.8 Å². The topological polar surface area (TPSA) is 160 Å². The summed E-state index contributed by atoms with van der Waals surface area (Å²) < 4.78 is 8.07. The molecule has 11 heteroatoms. The van der Waals surface area contributed by atoms with Gasteiger partial charge in [-0.3, -0.25) is 19.6 Å². The molecular formula is C22H25N7O4. The number of rotatable bonds is 7. The molecule has 0 bridgehead atoms. The third-order valence-corrected chi connectivity index (χ3v) is 4.74. The Kier molecular flexibility index (Phi) is 6.97. The number of amides is 3. The van der Waals surface area contributed by atoms with Crippen LogP contribution in [0.2, 0.25) is 0 Å². The van der Waals surface area contributed by atoms with Crippen molar-refractivity contribution in [2.24, 2.45) is 11.5 Å². The lowest BCUT2D eigenvalue weighted by molar-refractivity contribution is 0.0996. The first-order valence-corrected chi connectivity index (χ1v) is 10.4. The average molecular weight is 451 g/mol. The third-order valence-electron chi connectivity index (χ3n) is 4.74. The molecule has 3 amide bonds. The molecule has 2 aromatic heterocycles. The van der Waals surface area contributed by atoms with E-state index in [2.05, 4.69) is 32.0 Å². The Bertz CT molecular complexity index is 1290. The van der Waals surface area contributed by atoms with Crippen molar-refractivity contribution < 1.29 is 19.1 Å². The van der Waals surface area contributed by atoms with Crippen molar-refractivity contribution in [2.75, 3.05) is 11.9 Å². The molecule has 0 atom stereocenters. The molecule has 172 valence electrons. The highest BCUT2D eigenvalue weighted by Crippen LogP contribution is 2.26. The summed E-state index contributed by atoms with van der Waals surface area (Å²) in [6.07, 6.45) is -0.196. The number of aryl methyl sites for hydroxylation is 3. The number of anilines is 1. The lowest BCUT2D eigenvalue weighted by atomic mass is 10.1. The van der Waals surface area contributed by atoms with E-state index in [1.54, 1.807) is 16.8 Å². The van der Waals surface area contributed by atoms with Crippen LogP contribution in [-0.2, 0) is 17.8 Å². The van der Waals surface area contributed by atoms with Gasteiger partial charge in [-0.15, -0.1) is 0 Å². The van der Waals surface area contributed by atoms with E-state index in [4.69, 9.17) is 11.5 Å². The highest BCUT2D eigenvalue weighted by Gasteiger charge is 2.20. The number of nitrogens with one attached hydrogen (secondary N) is 1. The summed E-state index contributed by atoms with van der Waals surface area (Å²) >= 11 is 0. The fourth-order valence-electron chi connectivity index (χ4n) is 3.42. The van der Waals surface area contributed by atoms with Gasteiger partial charge >= 0.3 is 6.09 Å². The number of benzene rings is 1. The first-order valence-electron chi connectivity index (χ1n) is 10.4. The average Bonchev–Trinajstić information content (AvgIpc) is 3.31. The third kappa shape index (κ3) is 5.12. The van der Waals surface area contributed by atoms with E-state index in [-0.39, 0.29) is 18.1 Å². The smallest absolute Gasteiger partial charge is 0.405 e.